The Morgan fingerprint density at radius 1 is 1.32 bits per heavy atom. The van der Waals surface area contributed by atoms with Crippen molar-refractivity contribution in [2.75, 3.05) is 13.7 Å². The third kappa shape index (κ3) is 4.28. The lowest BCUT2D eigenvalue weighted by atomic mass is 10.3. The second-order valence-corrected chi connectivity index (χ2v) is 8.44. The van der Waals surface area contributed by atoms with Gasteiger partial charge in [0.15, 0.2) is 0 Å². The predicted octanol–water partition coefficient (Wildman–Crippen LogP) is 1.87. The van der Waals surface area contributed by atoms with Gasteiger partial charge < -0.3 is 4.74 Å². The number of ether oxygens (including phenoxy) is 1. The summed E-state index contributed by atoms with van der Waals surface area (Å²) >= 11 is 3.26. The zero-order valence-corrected chi connectivity index (χ0v) is 16.0. The molecule has 0 atom stereocenters. The molecule has 1 saturated carbocycles. The van der Waals surface area contributed by atoms with Gasteiger partial charge in [-0.2, -0.15) is 5.10 Å². The van der Waals surface area contributed by atoms with E-state index in [9.17, 15) is 13.2 Å². The minimum Gasteiger partial charge on any atom is -0.495 e. The molecule has 0 radical (unpaired) electrons. The van der Waals surface area contributed by atoms with E-state index in [0.717, 1.165) is 18.5 Å². The highest BCUT2D eigenvalue weighted by molar-refractivity contribution is 9.10. The van der Waals surface area contributed by atoms with Crippen molar-refractivity contribution in [2.45, 2.75) is 30.2 Å². The van der Waals surface area contributed by atoms with Gasteiger partial charge in [-0.1, -0.05) is 15.9 Å². The molecule has 3 rings (SSSR count). The summed E-state index contributed by atoms with van der Waals surface area (Å²) in [4.78, 5) is 11.9. The normalized spacial score (nSPS) is 14.5. The Kier molecular flexibility index (Phi) is 5.26. The van der Waals surface area contributed by atoms with Gasteiger partial charge in [0.25, 0.3) is 5.56 Å². The molecule has 1 aliphatic carbocycles. The van der Waals surface area contributed by atoms with Crippen LogP contribution in [0.4, 0.5) is 0 Å². The van der Waals surface area contributed by atoms with Crippen LogP contribution in [0.25, 0.3) is 0 Å². The van der Waals surface area contributed by atoms with Gasteiger partial charge in [0, 0.05) is 23.0 Å². The molecular formula is C16H18BrN3O4S. The molecule has 1 N–H and O–H groups in total. The van der Waals surface area contributed by atoms with Crippen LogP contribution in [-0.4, -0.2) is 31.9 Å². The molecule has 1 aromatic heterocycles. The molecule has 0 amide bonds. The number of nitrogens with zero attached hydrogens (tertiary/aromatic N) is 2. The number of aromatic nitrogens is 2. The van der Waals surface area contributed by atoms with Gasteiger partial charge >= 0.3 is 0 Å². The lowest BCUT2D eigenvalue weighted by Gasteiger charge is -2.12. The molecule has 0 aliphatic heterocycles. The molecule has 7 nitrogen and oxygen atoms in total. The largest absolute Gasteiger partial charge is 0.495 e. The summed E-state index contributed by atoms with van der Waals surface area (Å²) in [6, 6.07) is 7.97. The first-order valence-corrected chi connectivity index (χ1v) is 10.1. The Morgan fingerprint density at radius 3 is 2.76 bits per heavy atom. The van der Waals surface area contributed by atoms with Crippen molar-refractivity contribution in [3.8, 4) is 5.75 Å². The van der Waals surface area contributed by atoms with E-state index in [2.05, 4.69) is 25.8 Å². The molecule has 1 heterocycles. The van der Waals surface area contributed by atoms with Crippen LogP contribution < -0.4 is 15.0 Å². The van der Waals surface area contributed by atoms with Gasteiger partial charge in [0.1, 0.15) is 10.6 Å². The zero-order chi connectivity index (χ0) is 18.0. The molecule has 25 heavy (non-hydrogen) atoms. The fourth-order valence-corrected chi connectivity index (χ4v) is 4.17. The standard InChI is InChI=1S/C16H18BrN3O4S/c1-24-14-6-4-12(17)10-15(14)25(22,23)18-8-9-20-16(21)7-5-13(19-20)11-2-3-11/h4-7,10-11,18H,2-3,8-9H2,1H3. The summed E-state index contributed by atoms with van der Waals surface area (Å²) in [6.07, 6.45) is 2.17. The molecule has 0 spiro atoms. The summed E-state index contributed by atoms with van der Waals surface area (Å²) in [5.74, 6) is 0.677. The Bertz CT molecular complexity index is 939. The van der Waals surface area contributed by atoms with E-state index < -0.39 is 10.0 Å². The van der Waals surface area contributed by atoms with Crippen LogP contribution in [0, 0.1) is 0 Å². The van der Waals surface area contributed by atoms with Crippen LogP contribution >= 0.6 is 15.9 Å². The smallest absolute Gasteiger partial charge is 0.266 e. The molecule has 134 valence electrons. The minimum atomic E-state index is -3.77. The van der Waals surface area contributed by atoms with E-state index in [1.807, 2.05) is 0 Å². The van der Waals surface area contributed by atoms with Crippen molar-refractivity contribution in [3.63, 3.8) is 0 Å². The molecule has 0 unspecified atom stereocenters. The van der Waals surface area contributed by atoms with Gasteiger partial charge in [0.2, 0.25) is 10.0 Å². The zero-order valence-electron chi connectivity index (χ0n) is 13.6. The minimum absolute atomic E-state index is 0.0383. The maximum Gasteiger partial charge on any atom is 0.266 e. The monoisotopic (exact) mass is 427 g/mol. The van der Waals surface area contributed by atoms with Crippen molar-refractivity contribution in [2.24, 2.45) is 0 Å². The molecule has 0 saturated heterocycles. The van der Waals surface area contributed by atoms with Gasteiger partial charge in [-0.05, 0) is 37.1 Å². The first kappa shape index (κ1) is 18.1. The predicted molar refractivity (Wildman–Crippen MR) is 96.4 cm³/mol. The number of rotatable bonds is 7. The van der Waals surface area contributed by atoms with E-state index in [-0.39, 0.29) is 29.3 Å². The maximum atomic E-state index is 12.5. The van der Waals surface area contributed by atoms with E-state index in [1.54, 1.807) is 18.2 Å². The SMILES string of the molecule is COc1ccc(Br)cc1S(=O)(=O)NCCn1nc(C2CC2)ccc1=O. The maximum absolute atomic E-state index is 12.5. The lowest BCUT2D eigenvalue weighted by molar-refractivity contribution is 0.402. The second-order valence-electron chi connectivity index (χ2n) is 5.79. The first-order chi connectivity index (χ1) is 11.9. The van der Waals surface area contributed by atoms with Crippen LogP contribution in [0.1, 0.15) is 24.5 Å². The molecular weight excluding hydrogens is 410 g/mol. The van der Waals surface area contributed by atoms with E-state index >= 15 is 0 Å². The van der Waals surface area contributed by atoms with E-state index in [0.29, 0.717) is 10.4 Å². The van der Waals surface area contributed by atoms with Crippen LogP contribution in [0.3, 0.4) is 0 Å². The number of halogens is 1. The van der Waals surface area contributed by atoms with Crippen LogP contribution in [0.15, 0.2) is 44.5 Å². The topological polar surface area (TPSA) is 90.3 Å². The third-order valence-corrected chi connectivity index (χ3v) is 5.89. The number of hydrogen-bond donors (Lipinski definition) is 1. The van der Waals surface area contributed by atoms with Gasteiger partial charge in [0.05, 0.1) is 19.3 Å². The summed E-state index contributed by atoms with van der Waals surface area (Å²) < 4.78 is 34.5. The molecule has 1 aliphatic rings. The van der Waals surface area contributed by atoms with Crippen molar-refractivity contribution < 1.29 is 13.2 Å². The van der Waals surface area contributed by atoms with Crippen LogP contribution in [-0.2, 0) is 16.6 Å². The molecule has 1 aromatic carbocycles. The summed E-state index contributed by atoms with van der Waals surface area (Å²) in [7, 11) is -2.36. The van der Waals surface area contributed by atoms with Crippen molar-refractivity contribution >= 4 is 26.0 Å². The number of methoxy groups -OCH3 is 1. The Hall–Kier alpha value is -1.71. The Labute approximate surface area is 154 Å². The fraction of sp³-hybridized carbons (Fsp3) is 0.375. The van der Waals surface area contributed by atoms with E-state index in [1.165, 1.54) is 23.9 Å². The Morgan fingerprint density at radius 2 is 2.08 bits per heavy atom. The summed E-state index contributed by atoms with van der Waals surface area (Å²) in [6.45, 7) is 0.216. The summed E-state index contributed by atoms with van der Waals surface area (Å²) in [5.41, 5.74) is 0.639. The average Bonchev–Trinajstić information content (AvgIpc) is 3.41. The highest BCUT2D eigenvalue weighted by atomic mass is 79.9. The molecule has 2 aromatic rings. The van der Waals surface area contributed by atoms with Gasteiger partial charge in [-0.3, -0.25) is 4.79 Å². The van der Waals surface area contributed by atoms with Gasteiger partial charge in [-0.25, -0.2) is 17.8 Å². The third-order valence-electron chi connectivity index (χ3n) is 3.91. The first-order valence-electron chi connectivity index (χ1n) is 7.82. The molecule has 0 bridgehead atoms. The van der Waals surface area contributed by atoms with Crippen LogP contribution in [0.2, 0.25) is 0 Å². The van der Waals surface area contributed by atoms with Crippen molar-refractivity contribution in [3.05, 3.63) is 50.9 Å². The molecule has 1 fully saturated rings. The number of benzene rings is 1. The van der Waals surface area contributed by atoms with Crippen molar-refractivity contribution in [1.82, 2.24) is 14.5 Å². The van der Waals surface area contributed by atoms with Crippen LogP contribution in [0.5, 0.6) is 5.75 Å². The van der Waals surface area contributed by atoms with E-state index in [4.69, 9.17) is 4.74 Å². The Balaban J connectivity index is 1.72. The quantitative estimate of drug-likeness (QED) is 0.727. The van der Waals surface area contributed by atoms with Crippen molar-refractivity contribution in [1.29, 1.82) is 0 Å². The fourth-order valence-electron chi connectivity index (χ4n) is 2.45. The number of nitrogens with one attached hydrogen (secondary N) is 1. The average molecular weight is 428 g/mol. The number of sulfonamides is 1. The second kappa shape index (κ2) is 7.27. The highest BCUT2D eigenvalue weighted by Gasteiger charge is 2.25. The number of hydrogen-bond acceptors (Lipinski definition) is 5. The highest BCUT2D eigenvalue weighted by Crippen LogP contribution is 2.38. The lowest BCUT2D eigenvalue weighted by Crippen LogP contribution is -2.32. The molecule has 9 heteroatoms. The summed E-state index contributed by atoms with van der Waals surface area (Å²) in [5, 5.41) is 4.31. The van der Waals surface area contributed by atoms with Gasteiger partial charge in [-0.15, -0.1) is 0 Å².